The molecule has 0 fully saturated rings. The number of nitrogens with one attached hydrogen (secondary N) is 1. The van der Waals surface area contributed by atoms with Gasteiger partial charge in [0.15, 0.2) is 11.5 Å². The lowest BCUT2D eigenvalue weighted by atomic mass is 10.2. The van der Waals surface area contributed by atoms with Gasteiger partial charge in [-0.2, -0.15) is 13.8 Å². The first-order valence-corrected chi connectivity index (χ1v) is 13.1. The number of pyridine rings is 1. The molecule has 0 spiro atoms. The number of likely N-dealkylation sites (N-methyl/N-ethyl adjacent to an activating group) is 1. The number of carboxylic acid groups (broad SMARTS) is 1. The second-order valence-electron chi connectivity index (χ2n) is 9.48. The molecular formula is C31H25F2N5O6. The molecule has 1 aliphatic heterocycles. The second-order valence-corrected chi connectivity index (χ2v) is 9.48. The highest BCUT2D eigenvalue weighted by Crippen LogP contribution is 2.41. The van der Waals surface area contributed by atoms with Crippen molar-refractivity contribution >= 4 is 23.7 Å². The van der Waals surface area contributed by atoms with Gasteiger partial charge in [-0.1, -0.05) is 24.3 Å². The van der Waals surface area contributed by atoms with Crippen LogP contribution in [0.3, 0.4) is 0 Å². The summed E-state index contributed by atoms with van der Waals surface area (Å²) < 4.78 is 48.4. The van der Waals surface area contributed by atoms with Crippen LogP contribution in [0, 0.1) is 17.0 Å². The highest BCUT2D eigenvalue weighted by molar-refractivity contribution is 6.00. The Morgan fingerprint density at radius 1 is 1.00 bits per heavy atom. The number of nitrogen functional groups attached to an aromatic ring is 1. The lowest BCUT2D eigenvalue weighted by Crippen LogP contribution is -2.23. The minimum Gasteiger partial charge on any atom is -0.504 e. The fourth-order valence-electron chi connectivity index (χ4n) is 4.16. The van der Waals surface area contributed by atoms with Gasteiger partial charge < -0.3 is 35.1 Å². The van der Waals surface area contributed by atoms with E-state index in [0.717, 1.165) is 18.5 Å². The van der Waals surface area contributed by atoms with E-state index in [1.54, 1.807) is 18.2 Å². The molecule has 13 heteroatoms. The van der Waals surface area contributed by atoms with E-state index in [0.29, 0.717) is 17.7 Å². The molecule has 0 saturated carbocycles. The third-order valence-corrected chi connectivity index (χ3v) is 6.34. The van der Waals surface area contributed by atoms with Gasteiger partial charge >= 0.3 is 5.97 Å². The highest BCUT2D eigenvalue weighted by Gasteiger charge is 2.27. The number of carboxylic acids is 1. The predicted octanol–water partition coefficient (Wildman–Crippen LogP) is 5.52. The average molecular weight is 602 g/mol. The number of aliphatic imine (C=N–C) groups is 1. The van der Waals surface area contributed by atoms with E-state index in [2.05, 4.69) is 9.98 Å². The third kappa shape index (κ3) is 6.57. The van der Waals surface area contributed by atoms with E-state index >= 15 is 8.78 Å². The summed E-state index contributed by atoms with van der Waals surface area (Å²) in [6, 6.07) is 16.1. The van der Waals surface area contributed by atoms with Gasteiger partial charge in [0.05, 0.1) is 6.54 Å². The number of aromatic hydroxyl groups is 1. The lowest BCUT2D eigenvalue weighted by Gasteiger charge is -2.16. The molecule has 0 saturated heterocycles. The number of ether oxygens (including phenoxy) is 3. The number of aromatic nitrogens is 1. The zero-order valence-electron chi connectivity index (χ0n) is 23.1. The first-order chi connectivity index (χ1) is 21.1. The Morgan fingerprint density at radius 3 is 2.39 bits per heavy atom. The zero-order valence-corrected chi connectivity index (χ0v) is 23.1. The molecule has 0 unspecified atom stereocenters. The molecule has 1 aromatic heterocycles. The molecule has 224 valence electrons. The summed E-state index contributed by atoms with van der Waals surface area (Å²) in [5, 5.41) is 26.8. The van der Waals surface area contributed by atoms with Crippen LogP contribution in [0.4, 0.5) is 8.78 Å². The normalized spacial score (nSPS) is 12.7. The fraction of sp³-hybridized carbons (Fsp3) is 0.0968. The third-order valence-electron chi connectivity index (χ3n) is 6.34. The molecule has 0 aliphatic carbocycles. The van der Waals surface area contributed by atoms with Crippen molar-refractivity contribution in [2.24, 2.45) is 10.7 Å². The number of carbonyl (C=O) groups is 1. The Morgan fingerprint density at radius 2 is 1.73 bits per heavy atom. The smallest absolute Gasteiger partial charge is 0.328 e. The van der Waals surface area contributed by atoms with Crippen LogP contribution in [0.25, 0.3) is 6.08 Å². The summed E-state index contributed by atoms with van der Waals surface area (Å²) >= 11 is 0. The molecule has 0 bridgehead atoms. The lowest BCUT2D eigenvalue weighted by molar-refractivity contribution is -0.131. The largest absolute Gasteiger partial charge is 0.504 e. The van der Waals surface area contributed by atoms with Gasteiger partial charge in [-0.25, -0.2) is 4.79 Å². The van der Waals surface area contributed by atoms with Crippen molar-refractivity contribution in [3.63, 3.8) is 0 Å². The van der Waals surface area contributed by atoms with Crippen molar-refractivity contribution in [3.05, 3.63) is 101 Å². The minimum atomic E-state index is -1.35. The van der Waals surface area contributed by atoms with Crippen LogP contribution < -0.4 is 19.9 Å². The SMILES string of the molecule is CN1CCN=C1c1cccc(Oc2nc(Oc3cc(C(=N)N)ccc3O)c(F)c(Oc3ccc(C=CC(=O)O)cc3)c2F)c1. The molecule has 0 radical (unpaired) electrons. The first kappa shape index (κ1) is 29.5. The number of amidine groups is 2. The standard InChI is InChI=1S/C31H25F2N5O6/c1-38-14-13-36-29(38)19-3-2-4-21(15-19)43-30-25(32)27(42-20-9-5-17(6-10-20)7-12-24(40)41)26(33)31(37-30)44-23-16-18(28(34)35)8-11-22(23)39/h2-12,15-16,39H,13-14H2,1H3,(H3,34,35)(H,40,41). The van der Waals surface area contributed by atoms with Crippen LogP contribution in [-0.2, 0) is 4.79 Å². The quantitative estimate of drug-likeness (QED) is 0.104. The molecule has 0 atom stereocenters. The Bertz CT molecular complexity index is 1810. The van der Waals surface area contributed by atoms with Crippen molar-refractivity contribution < 1.29 is 38.0 Å². The number of benzene rings is 3. The molecule has 5 rings (SSSR count). The van der Waals surface area contributed by atoms with E-state index in [4.69, 9.17) is 30.5 Å². The van der Waals surface area contributed by atoms with Gasteiger partial charge in [-0.05, 0) is 54.1 Å². The van der Waals surface area contributed by atoms with Crippen molar-refractivity contribution in [3.8, 4) is 40.5 Å². The van der Waals surface area contributed by atoms with Crippen molar-refractivity contribution in [1.82, 2.24) is 9.88 Å². The predicted molar refractivity (Wildman–Crippen MR) is 157 cm³/mol. The van der Waals surface area contributed by atoms with Crippen LogP contribution in [0.15, 0.2) is 77.8 Å². The van der Waals surface area contributed by atoms with Crippen LogP contribution in [-0.4, -0.2) is 57.9 Å². The molecule has 1 aliphatic rings. The Kier molecular flexibility index (Phi) is 8.37. The molecule has 44 heavy (non-hydrogen) atoms. The van der Waals surface area contributed by atoms with Gasteiger partial charge in [0.2, 0.25) is 17.4 Å². The molecule has 3 aromatic carbocycles. The summed E-state index contributed by atoms with van der Waals surface area (Å²) in [7, 11) is 1.89. The second kappa shape index (κ2) is 12.5. The maximum absolute atomic E-state index is 15.8. The maximum atomic E-state index is 15.8. The monoisotopic (exact) mass is 601 g/mol. The maximum Gasteiger partial charge on any atom is 0.328 e. The number of phenolic OH excluding ortho intramolecular Hbond substituents is 1. The van der Waals surface area contributed by atoms with Crippen molar-refractivity contribution in [2.45, 2.75) is 0 Å². The Labute approximate surface area is 249 Å². The number of halogens is 2. The number of nitrogens with zero attached hydrogens (tertiary/aromatic N) is 3. The summed E-state index contributed by atoms with van der Waals surface area (Å²) in [5.74, 6) is -6.38. The van der Waals surface area contributed by atoms with Gasteiger partial charge in [-0.3, -0.25) is 10.4 Å². The summed E-state index contributed by atoms with van der Waals surface area (Å²) in [6.07, 6.45) is 2.27. The van der Waals surface area contributed by atoms with Gasteiger partial charge in [0.1, 0.15) is 23.2 Å². The van der Waals surface area contributed by atoms with Gasteiger partial charge in [-0.15, -0.1) is 0 Å². The van der Waals surface area contributed by atoms with Gasteiger partial charge in [0.25, 0.3) is 11.8 Å². The van der Waals surface area contributed by atoms with Crippen LogP contribution in [0.1, 0.15) is 16.7 Å². The number of hydrogen-bond acceptors (Lipinski definition) is 9. The molecule has 4 aromatic rings. The molecule has 0 amide bonds. The molecule has 5 N–H and O–H groups in total. The van der Waals surface area contributed by atoms with E-state index in [-0.39, 0.29) is 28.6 Å². The summed E-state index contributed by atoms with van der Waals surface area (Å²) in [5.41, 5.74) is 6.91. The highest BCUT2D eigenvalue weighted by atomic mass is 19.1. The molecule has 2 heterocycles. The Hall–Kier alpha value is -5.98. The van der Waals surface area contributed by atoms with E-state index in [9.17, 15) is 9.90 Å². The number of aliphatic carboxylic acids is 1. The van der Waals surface area contributed by atoms with E-state index < -0.39 is 40.9 Å². The van der Waals surface area contributed by atoms with Crippen LogP contribution in [0.5, 0.6) is 40.5 Å². The molecular weight excluding hydrogens is 576 g/mol. The van der Waals surface area contributed by atoms with E-state index in [1.165, 1.54) is 48.5 Å². The zero-order chi connectivity index (χ0) is 31.4. The number of nitrogens with two attached hydrogens (primary N) is 1. The summed E-state index contributed by atoms with van der Waals surface area (Å²) in [4.78, 5) is 21.1. The van der Waals surface area contributed by atoms with Crippen LogP contribution >= 0.6 is 0 Å². The van der Waals surface area contributed by atoms with Crippen LogP contribution in [0.2, 0.25) is 0 Å². The number of rotatable bonds is 10. The minimum absolute atomic E-state index is 0.00378. The van der Waals surface area contributed by atoms with Gasteiger partial charge in [0, 0.05) is 30.8 Å². The first-order valence-electron chi connectivity index (χ1n) is 13.1. The fourth-order valence-corrected chi connectivity index (χ4v) is 4.16. The Balaban J connectivity index is 1.54. The molecule has 11 nitrogen and oxygen atoms in total. The average Bonchev–Trinajstić information content (AvgIpc) is 3.44. The van der Waals surface area contributed by atoms with Crippen molar-refractivity contribution in [2.75, 3.05) is 20.1 Å². The number of hydrogen-bond donors (Lipinski definition) is 4. The topological polar surface area (TPSA) is 164 Å². The number of phenols is 1. The summed E-state index contributed by atoms with van der Waals surface area (Å²) in [6.45, 7) is 1.37. The van der Waals surface area contributed by atoms with Crippen molar-refractivity contribution in [1.29, 1.82) is 5.41 Å². The van der Waals surface area contributed by atoms with E-state index in [1.807, 2.05) is 18.0 Å².